The first kappa shape index (κ1) is 15.3. The zero-order valence-corrected chi connectivity index (χ0v) is 12.0. The van der Waals surface area contributed by atoms with Crippen LogP contribution in [0.5, 0.6) is 0 Å². The third-order valence-corrected chi connectivity index (χ3v) is 4.00. The average molecular weight is 252 g/mol. The van der Waals surface area contributed by atoms with Crippen molar-refractivity contribution in [2.45, 2.75) is 65.2 Å². The lowest BCUT2D eigenvalue weighted by atomic mass is 9.78. The van der Waals surface area contributed by atoms with Crippen molar-refractivity contribution in [2.24, 2.45) is 11.8 Å². The Bertz CT molecular complexity index is 262. The van der Waals surface area contributed by atoms with Crippen LogP contribution in [0.1, 0.15) is 65.2 Å². The first-order chi connectivity index (χ1) is 8.63. The highest BCUT2D eigenvalue weighted by Crippen LogP contribution is 2.33. The summed E-state index contributed by atoms with van der Waals surface area (Å²) in [6.45, 7) is 8.10. The molecule has 2 nitrogen and oxygen atoms in total. The second-order valence-electron chi connectivity index (χ2n) is 5.73. The summed E-state index contributed by atoms with van der Waals surface area (Å²) in [5.41, 5.74) is 0.495. The monoisotopic (exact) mass is 252 g/mol. The molecule has 1 aliphatic rings. The lowest BCUT2D eigenvalue weighted by Crippen LogP contribution is -2.15. The van der Waals surface area contributed by atoms with Crippen LogP contribution in [-0.4, -0.2) is 12.6 Å². The summed E-state index contributed by atoms with van der Waals surface area (Å²) in [7, 11) is 0. The molecular formula is C16H28O2. The summed E-state index contributed by atoms with van der Waals surface area (Å²) in [4.78, 5) is 11.2. The summed E-state index contributed by atoms with van der Waals surface area (Å²) < 4.78 is 5.12. The first-order valence-electron chi connectivity index (χ1n) is 7.46. The van der Waals surface area contributed by atoms with E-state index in [1.54, 1.807) is 6.92 Å². The predicted molar refractivity (Wildman–Crippen MR) is 75.4 cm³/mol. The molecule has 0 atom stereocenters. The van der Waals surface area contributed by atoms with E-state index in [-0.39, 0.29) is 5.97 Å². The van der Waals surface area contributed by atoms with Gasteiger partial charge < -0.3 is 4.74 Å². The number of hydrogen-bond donors (Lipinski definition) is 0. The largest absolute Gasteiger partial charge is 0.462 e. The summed E-state index contributed by atoms with van der Waals surface area (Å²) in [5.74, 6) is 1.59. The number of carbonyl (C=O) groups is 1. The SMILES string of the molecule is C=C(C)C(=O)OCCCC1CCC(CCC)CC1. The Balaban J connectivity index is 2.04. The lowest BCUT2D eigenvalue weighted by Gasteiger charge is -2.28. The van der Waals surface area contributed by atoms with Crippen molar-refractivity contribution in [3.8, 4) is 0 Å². The average Bonchev–Trinajstić information content (AvgIpc) is 2.36. The van der Waals surface area contributed by atoms with Crippen LogP contribution in [0.2, 0.25) is 0 Å². The van der Waals surface area contributed by atoms with Crippen LogP contribution < -0.4 is 0 Å². The zero-order valence-electron chi connectivity index (χ0n) is 12.0. The second kappa shape index (κ2) is 8.34. The minimum absolute atomic E-state index is 0.248. The van der Waals surface area contributed by atoms with E-state index in [1.165, 1.54) is 44.9 Å². The van der Waals surface area contributed by atoms with Gasteiger partial charge in [0.05, 0.1) is 6.61 Å². The maximum atomic E-state index is 11.2. The topological polar surface area (TPSA) is 26.3 Å². The Morgan fingerprint density at radius 1 is 1.17 bits per heavy atom. The van der Waals surface area contributed by atoms with E-state index < -0.39 is 0 Å². The van der Waals surface area contributed by atoms with Crippen molar-refractivity contribution in [2.75, 3.05) is 6.61 Å². The molecule has 0 aliphatic heterocycles. The van der Waals surface area contributed by atoms with Gasteiger partial charge in [0.2, 0.25) is 0 Å². The second-order valence-corrected chi connectivity index (χ2v) is 5.73. The Labute approximate surface area is 112 Å². The lowest BCUT2D eigenvalue weighted by molar-refractivity contribution is -0.139. The van der Waals surface area contributed by atoms with Crippen LogP contribution in [0.15, 0.2) is 12.2 Å². The molecule has 0 aromatic heterocycles. The van der Waals surface area contributed by atoms with Crippen molar-refractivity contribution in [3.63, 3.8) is 0 Å². The van der Waals surface area contributed by atoms with Gasteiger partial charge in [-0.05, 0) is 31.6 Å². The van der Waals surface area contributed by atoms with Gasteiger partial charge in [-0.25, -0.2) is 4.79 Å². The fourth-order valence-electron chi connectivity index (χ4n) is 2.88. The Kier molecular flexibility index (Phi) is 7.07. The molecule has 0 aromatic rings. The molecule has 1 rings (SSSR count). The van der Waals surface area contributed by atoms with E-state index in [0.717, 1.165) is 18.3 Å². The van der Waals surface area contributed by atoms with Crippen LogP contribution >= 0.6 is 0 Å². The van der Waals surface area contributed by atoms with Gasteiger partial charge in [0, 0.05) is 5.57 Å². The maximum Gasteiger partial charge on any atom is 0.333 e. The molecule has 1 saturated carbocycles. The highest BCUT2D eigenvalue weighted by atomic mass is 16.5. The smallest absolute Gasteiger partial charge is 0.333 e. The van der Waals surface area contributed by atoms with Crippen LogP contribution in [0.3, 0.4) is 0 Å². The molecule has 0 amide bonds. The number of carbonyl (C=O) groups excluding carboxylic acids is 1. The van der Waals surface area contributed by atoms with Gasteiger partial charge in [-0.3, -0.25) is 0 Å². The Morgan fingerprint density at radius 2 is 1.72 bits per heavy atom. The van der Waals surface area contributed by atoms with Crippen molar-refractivity contribution < 1.29 is 9.53 Å². The number of esters is 1. The highest BCUT2D eigenvalue weighted by molar-refractivity contribution is 5.86. The van der Waals surface area contributed by atoms with Gasteiger partial charge in [-0.15, -0.1) is 0 Å². The van der Waals surface area contributed by atoms with E-state index in [2.05, 4.69) is 13.5 Å². The predicted octanol–water partition coefficient (Wildman–Crippen LogP) is 4.49. The summed E-state index contributed by atoms with van der Waals surface area (Å²) >= 11 is 0. The molecule has 1 aliphatic carbocycles. The molecule has 1 fully saturated rings. The van der Waals surface area contributed by atoms with E-state index in [1.807, 2.05) is 0 Å². The fourth-order valence-corrected chi connectivity index (χ4v) is 2.88. The minimum Gasteiger partial charge on any atom is -0.462 e. The quantitative estimate of drug-likeness (QED) is 0.379. The molecule has 18 heavy (non-hydrogen) atoms. The molecule has 0 N–H and O–H groups in total. The molecule has 104 valence electrons. The highest BCUT2D eigenvalue weighted by Gasteiger charge is 2.20. The minimum atomic E-state index is -0.248. The third-order valence-electron chi connectivity index (χ3n) is 4.00. The molecule has 0 aromatic carbocycles. The van der Waals surface area contributed by atoms with Crippen molar-refractivity contribution in [1.82, 2.24) is 0 Å². The fraction of sp³-hybridized carbons (Fsp3) is 0.812. The Morgan fingerprint density at radius 3 is 2.22 bits per heavy atom. The molecule has 2 heteroatoms. The van der Waals surface area contributed by atoms with Crippen LogP contribution in [0.4, 0.5) is 0 Å². The Hall–Kier alpha value is -0.790. The maximum absolute atomic E-state index is 11.2. The zero-order chi connectivity index (χ0) is 13.4. The summed E-state index contributed by atoms with van der Waals surface area (Å²) in [5, 5.41) is 0. The molecule has 0 spiro atoms. The van der Waals surface area contributed by atoms with Gasteiger partial charge in [0.25, 0.3) is 0 Å². The molecule has 0 bridgehead atoms. The molecule has 0 saturated heterocycles. The van der Waals surface area contributed by atoms with Crippen molar-refractivity contribution >= 4 is 5.97 Å². The van der Waals surface area contributed by atoms with Crippen molar-refractivity contribution in [1.29, 1.82) is 0 Å². The molecule has 0 radical (unpaired) electrons. The number of rotatable bonds is 7. The third kappa shape index (κ3) is 5.70. The summed E-state index contributed by atoms with van der Waals surface area (Å²) in [6.07, 6.45) is 10.5. The first-order valence-corrected chi connectivity index (χ1v) is 7.46. The van der Waals surface area contributed by atoms with E-state index in [4.69, 9.17) is 4.74 Å². The van der Waals surface area contributed by atoms with E-state index >= 15 is 0 Å². The van der Waals surface area contributed by atoms with Gasteiger partial charge >= 0.3 is 5.97 Å². The van der Waals surface area contributed by atoms with Crippen molar-refractivity contribution in [3.05, 3.63) is 12.2 Å². The van der Waals surface area contributed by atoms with Crippen LogP contribution in [0, 0.1) is 11.8 Å². The van der Waals surface area contributed by atoms with Gasteiger partial charge in [0.1, 0.15) is 0 Å². The summed E-state index contributed by atoms with van der Waals surface area (Å²) in [6, 6.07) is 0. The molecule has 0 heterocycles. The van der Waals surface area contributed by atoms with Gasteiger partial charge in [-0.1, -0.05) is 52.0 Å². The van der Waals surface area contributed by atoms with E-state index in [0.29, 0.717) is 12.2 Å². The van der Waals surface area contributed by atoms with Crippen LogP contribution in [0.25, 0.3) is 0 Å². The normalized spacial score (nSPS) is 23.7. The van der Waals surface area contributed by atoms with E-state index in [9.17, 15) is 4.79 Å². The number of hydrogen-bond acceptors (Lipinski definition) is 2. The van der Waals surface area contributed by atoms with Crippen LogP contribution in [-0.2, 0) is 9.53 Å². The molecule has 0 unspecified atom stereocenters. The molecular weight excluding hydrogens is 224 g/mol. The standard InChI is InChI=1S/C16H28O2/c1-4-6-14-8-10-15(11-9-14)7-5-12-18-16(17)13(2)3/h14-15H,2,4-12H2,1,3H3. The van der Waals surface area contributed by atoms with Gasteiger partial charge in [0.15, 0.2) is 0 Å². The number of ether oxygens (including phenoxy) is 1. The van der Waals surface area contributed by atoms with Gasteiger partial charge in [-0.2, -0.15) is 0 Å².